The van der Waals surface area contributed by atoms with E-state index in [1.165, 1.54) is 17.7 Å². The summed E-state index contributed by atoms with van der Waals surface area (Å²) in [6, 6.07) is 7.31. The Labute approximate surface area is 122 Å². The van der Waals surface area contributed by atoms with Gasteiger partial charge in [0, 0.05) is 23.9 Å². The highest BCUT2D eigenvalue weighted by atomic mass is 19.1. The molecule has 2 unspecified atom stereocenters. The molecular weight excluding hydrogens is 272 g/mol. The molecule has 0 amide bonds. The molecule has 1 N–H and O–H groups in total. The Bertz CT molecular complexity index is 624. The first kappa shape index (κ1) is 14.1. The van der Waals surface area contributed by atoms with Crippen LogP contribution in [0.5, 0.6) is 0 Å². The summed E-state index contributed by atoms with van der Waals surface area (Å²) in [7, 11) is 0. The minimum absolute atomic E-state index is 0.0683. The first-order valence-electron chi connectivity index (χ1n) is 7.20. The molecule has 0 aliphatic heterocycles. The fourth-order valence-corrected chi connectivity index (χ4v) is 3.13. The second-order valence-electron chi connectivity index (χ2n) is 5.60. The van der Waals surface area contributed by atoms with E-state index in [0.717, 1.165) is 31.0 Å². The maximum atomic E-state index is 13.2. The van der Waals surface area contributed by atoms with Gasteiger partial charge in [-0.15, -0.1) is 0 Å². The van der Waals surface area contributed by atoms with Gasteiger partial charge in [0.05, 0.1) is 6.10 Å². The van der Waals surface area contributed by atoms with Crippen LogP contribution in [0.4, 0.5) is 8.78 Å². The molecule has 0 saturated heterocycles. The van der Waals surface area contributed by atoms with Gasteiger partial charge in [-0.3, -0.25) is 4.98 Å². The summed E-state index contributed by atoms with van der Waals surface area (Å²) in [5.74, 6) is -1.29. The molecule has 4 heteroatoms. The molecule has 2 nitrogen and oxygen atoms in total. The minimum atomic E-state index is -0.680. The van der Waals surface area contributed by atoms with Crippen LogP contribution in [0.3, 0.4) is 0 Å². The van der Waals surface area contributed by atoms with E-state index in [2.05, 4.69) is 4.98 Å². The Morgan fingerprint density at radius 1 is 1.24 bits per heavy atom. The molecule has 1 aliphatic carbocycles. The highest BCUT2D eigenvalue weighted by Gasteiger charge is 2.28. The lowest BCUT2D eigenvalue weighted by Crippen LogP contribution is -2.26. The van der Waals surface area contributed by atoms with Crippen LogP contribution >= 0.6 is 0 Å². The quantitative estimate of drug-likeness (QED) is 0.939. The van der Waals surface area contributed by atoms with Gasteiger partial charge in [-0.25, -0.2) is 8.78 Å². The summed E-state index contributed by atoms with van der Waals surface area (Å²) in [6.07, 6.45) is 4.10. The third kappa shape index (κ3) is 3.10. The lowest BCUT2D eigenvalue weighted by atomic mass is 9.81. The third-order valence-electron chi connectivity index (χ3n) is 4.07. The van der Waals surface area contributed by atoms with Crippen molar-refractivity contribution in [2.24, 2.45) is 0 Å². The van der Waals surface area contributed by atoms with Crippen molar-refractivity contribution in [1.82, 2.24) is 4.98 Å². The third-order valence-corrected chi connectivity index (χ3v) is 4.07. The predicted octanol–water partition coefficient (Wildman–Crippen LogP) is 3.38. The van der Waals surface area contributed by atoms with Crippen LogP contribution in [-0.4, -0.2) is 16.2 Å². The standard InChI is InChI=1S/C17H17F2NO/c18-13-7-11(8-14(19)10-13)9-16(21)15-5-1-3-12-4-2-6-20-17(12)15/h2,4,6-8,10,15-16,21H,1,3,5,9H2. The molecule has 0 saturated carbocycles. The fourth-order valence-electron chi connectivity index (χ4n) is 3.13. The Kier molecular flexibility index (Phi) is 3.97. The zero-order valence-electron chi connectivity index (χ0n) is 11.6. The predicted molar refractivity (Wildman–Crippen MR) is 76.0 cm³/mol. The first-order valence-corrected chi connectivity index (χ1v) is 7.20. The van der Waals surface area contributed by atoms with E-state index >= 15 is 0 Å². The van der Waals surface area contributed by atoms with Crippen LogP contribution in [0.15, 0.2) is 36.5 Å². The van der Waals surface area contributed by atoms with E-state index in [-0.39, 0.29) is 12.3 Å². The SMILES string of the molecule is OC(Cc1cc(F)cc(F)c1)C1CCCc2cccnc21. The number of aromatic nitrogens is 1. The summed E-state index contributed by atoms with van der Waals surface area (Å²) in [5, 5.41) is 10.5. The number of aliphatic hydroxyl groups excluding tert-OH is 1. The molecule has 0 radical (unpaired) electrons. The second-order valence-corrected chi connectivity index (χ2v) is 5.60. The number of benzene rings is 1. The maximum absolute atomic E-state index is 13.2. The lowest BCUT2D eigenvalue weighted by molar-refractivity contribution is 0.132. The molecule has 1 aromatic carbocycles. The Morgan fingerprint density at radius 3 is 2.76 bits per heavy atom. The summed E-state index contributed by atoms with van der Waals surface area (Å²) in [6.45, 7) is 0. The first-order chi connectivity index (χ1) is 10.1. The molecule has 110 valence electrons. The topological polar surface area (TPSA) is 33.1 Å². The van der Waals surface area contributed by atoms with Crippen LogP contribution in [0.25, 0.3) is 0 Å². The van der Waals surface area contributed by atoms with Crippen molar-refractivity contribution in [3.63, 3.8) is 0 Å². The summed E-state index contributed by atoms with van der Waals surface area (Å²) in [5.41, 5.74) is 2.56. The molecule has 1 aliphatic rings. The van der Waals surface area contributed by atoms with E-state index in [9.17, 15) is 13.9 Å². The summed E-state index contributed by atoms with van der Waals surface area (Å²) >= 11 is 0. The van der Waals surface area contributed by atoms with Crippen molar-refractivity contribution in [1.29, 1.82) is 0 Å². The number of aryl methyl sites for hydroxylation is 1. The second kappa shape index (κ2) is 5.90. The number of nitrogens with zero attached hydrogens (tertiary/aromatic N) is 1. The van der Waals surface area contributed by atoms with E-state index < -0.39 is 17.7 Å². The van der Waals surface area contributed by atoms with E-state index in [1.807, 2.05) is 12.1 Å². The van der Waals surface area contributed by atoms with Gasteiger partial charge in [-0.05, 0) is 55.0 Å². The zero-order chi connectivity index (χ0) is 14.8. The van der Waals surface area contributed by atoms with Gasteiger partial charge in [-0.2, -0.15) is 0 Å². The van der Waals surface area contributed by atoms with Gasteiger partial charge in [0.1, 0.15) is 11.6 Å². The largest absolute Gasteiger partial charge is 0.392 e. The number of rotatable bonds is 3. The van der Waals surface area contributed by atoms with Crippen molar-refractivity contribution in [3.8, 4) is 0 Å². The van der Waals surface area contributed by atoms with Gasteiger partial charge in [0.2, 0.25) is 0 Å². The van der Waals surface area contributed by atoms with Crippen LogP contribution in [0.2, 0.25) is 0 Å². The molecule has 1 heterocycles. The normalized spacial score (nSPS) is 19.1. The number of hydrogen-bond acceptors (Lipinski definition) is 2. The molecule has 2 atom stereocenters. The Hall–Kier alpha value is -1.81. The van der Waals surface area contributed by atoms with Crippen LogP contribution in [0, 0.1) is 11.6 Å². The molecule has 0 spiro atoms. The fraction of sp³-hybridized carbons (Fsp3) is 0.353. The van der Waals surface area contributed by atoms with E-state index in [0.29, 0.717) is 5.56 Å². The molecule has 0 fully saturated rings. The molecule has 2 aromatic rings. The molecule has 3 rings (SSSR count). The molecule has 21 heavy (non-hydrogen) atoms. The minimum Gasteiger partial charge on any atom is -0.392 e. The number of hydrogen-bond donors (Lipinski definition) is 1. The number of aliphatic hydroxyl groups is 1. The van der Waals surface area contributed by atoms with Crippen LogP contribution in [-0.2, 0) is 12.8 Å². The highest BCUT2D eigenvalue weighted by Crippen LogP contribution is 2.33. The van der Waals surface area contributed by atoms with Crippen molar-refractivity contribution >= 4 is 0 Å². The molecule has 1 aromatic heterocycles. The lowest BCUT2D eigenvalue weighted by Gasteiger charge is -2.28. The molecule has 0 bridgehead atoms. The molecular formula is C17H17F2NO. The monoisotopic (exact) mass is 289 g/mol. The Balaban J connectivity index is 1.81. The van der Waals surface area contributed by atoms with Crippen molar-refractivity contribution in [2.75, 3.05) is 0 Å². The average molecular weight is 289 g/mol. The van der Waals surface area contributed by atoms with E-state index in [1.54, 1.807) is 6.20 Å². The van der Waals surface area contributed by atoms with Gasteiger partial charge in [-0.1, -0.05) is 6.07 Å². The van der Waals surface area contributed by atoms with Crippen molar-refractivity contribution in [3.05, 3.63) is 65.0 Å². The van der Waals surface area contributed by atoms with Crippen molar-refractivity contribution < 1.29 is 13.9 Å². The van der Waals surface area contributed by atoms with E-state index in [4.69, 9.17) is 0 Å². The van der Waals surface area contributed by atoms with Gasteiger partial charge in [0.25, 0.3) is 0 Å². The number of fused-ring (bicyclic) bond motifs is 1. The Morgan fingerprint density at radius 2 is 2.00 bits per heavy atom. The van der Waals surface area contributed by atoms with Crippen LogP contribution in [0.1, 0.15) is 35.6 Å². The summed E-state index contributed by atoms with van der Waals surface area (Å²) in [4.78, 5) is 4.39. The smallest absolute Gasteiger partial charge is 0.126 e. The van der Waals surface area contributed by atoms with Gasteiger partial charge < -0.3 is 5.11 Å². The zero-order valence-corrected chi connectivity index (χ0v) is 11.6. The van der Waals surface area contributed by atoms with Crippen molar-refractivity contribution in [2.45, 2.75) is 37.7 Å². The van der Waals surface area contributed by atoms with Gasteiger partial charge in [0.15, 0.2) is 0 Å². The summed E-state index contributed by atoms with van der Waals surface area (Å²) < 4.78 is 26.5. The highest BCUT2D eigenvalue weighted by molar-refractivity contribution is 5.28. The van der Waals surface area contributed by atoms with Gasteiger partial charge >= 0.3 is 0 Å². The number of pyridine rings is 1. The maximum Gasteiger partial charge on any atom is 0.126 e. The number of halogens is 2. The van der Waals surface area contributed by atoms with Crippen LogP contribution < -0.4 is 0 Å². The average Bonchev–Trinajstić information content (AvgIpc) is 2.45.